The molecular weight excluding hydrogens is 837 g/mol. The Labute approximate surface area is 395 Å². The second kappa shape index (κ2) is 14.6. The zero-order valence-electron chi connectivity index (χ0n) is 37.3. The fourth-order valence-electron chi connectivity index (χ4n) is 11.8. The third kappa shape index (κ3) is 5.40. The van der Waals surface area contributed by atoms with Gasteiger partial charge in [0, 0.05) is 32.5 Å². The first-order valence-corrected chi connectivity index (χ1v) is 24.5. The van der Waals surface area contributed by atoms with Gasteiger partial charge in [-0.2, -0.15) is 0 Å². The highest BCUT2D eigenvalue weighted by Gasteiger charge is 2.61. The largest absolute Gasteiger partial charge is 0.302 e. The second-order valence-corrected chi connectivity index (χ2v) is 20.4. The second-order valence-electron chi connectivity index (χ2n) is 18.4. The lowest BCUT2D eigenvalue weighted by Gasteiger charge is -2.45. The van der Waals surface area contributed by atoms with Crippen molar-refractivity contribution in [2.75, 3.05) is 9.80 Å². The van der Waals surface area contributed by atoms with E-state index in [0.29, 0.717) is 0 Å². The summed E-state index contributed by atoms with van der Waals surface area (Å²) in [6.07, 6.45) is 0. The molecule has 2 spiro atoms. The van der Waals surface area contributed by atoms with Crippen molar-refractivity contribution in [2.24, 2.45) is 0 Å². The van der Waals surface area contributed by atoms with Crippen LogP contribution in [0.1, 0.15) is 65.4 Å². The van der Waals surface area contributed by atoms with Crippen molar-refractivity contribution in [2.45, 2.75) is 38.5 Å². The number of anilines is 6. The van der Waals surface area contributed by atoms with Crippen LogP contribution >= 0.6 is 22.7 Å². The quantitative estimate of drug-likeness (QED) is 0.164. The number of nitrogens with zero attached hydrogens (tertiary/aromatic N) is 2. The van der Waals surface area contributed by atoms with E-state index >= 15 is 0 Å². The minimum atomic E-state index is -0.608. The van der Waals surface area contributed by atoms with Crippen molar-refractivity contribution in [3.8, 4) is 22.3 Å². The van der Waals surface area contributed by atoms with Crippen LogP contribution in [0.2, 0.25) is 0 Å². The Morgan fingerprint density at radius 1 is 0.288 bits per heavy atom. The molecule has 0 atom stereocenters. The van der Waals surface area contributed by atoms with Crippen LogP contribution in [0, 0.1) is 27.7 Å². The molecule has 4 heteroatoms. The van der Waals surface area contributed by atoms with Gasteiger partial charge in [-0.25, -0.2) is 0 Å². The number of rotatable bonds is 6. The molecule has 0 saturated heterocycles. The monoisotopic (exact) mass is 882 g/mol. The van der Waals surface area contributed by atoms with Gasteiger partial charge >= 0.3 is 0 Å². The molecule has 0 saturated carbocycles. The Balaban J connectivity index is 1.21. The number of aryl methyl sites for hydroxylation is 4. The molecule has 0 amide bonds. The summed E-state index contributed by atoms with van der Waals surface area (Å²) in [6, 6.07) is 78.2. The molecule has 3 aliphatic carbocycles. The summed E-state index contributed by atoms with van der Waals surface area (Å²) in [5.41, 5.74) is 21.7. The maximum atomic E-state index is 2.59. The van der Waals surface area contributed by atoms with E-state index in [9.17, 15) is 0 Å². The van der Waals surface area contributed by atoms with Gasteiger partial charge in [-0.05, 0) is 166 Å². The number of benzene rings is 8. The van der Waals surface area contributed by atoms with E-state index in [1.165, 1.54) is 97.6 Å². The lowest BCUT2D eigenvalue weighted by Crippen LogP contribution is -2.41. The predicted octanol–water partition coefficient (Wildman–Crippen LogP) is 17.0. The molecule has 0 fully saturated rings. The molecule has 2 heterocycles. The highest BCUT2D eigenvalue weighted by atomic mass is 32.1. The SMILES string of the molecule is Cc1cccc(N(c2cccc(C)c2)c2cc3c(s2)C2(c4ccccc4-c4ccccc42)c2cc(N(c4cccc(C)c4)c4cccc(C)c4)sc2C32c3ccccc3-c3ccccc32)c1. The first kappa shape index (κ1) is 39.2. The molecule has 66 heavy (non-hydrogen) atoms. The van der Waals surface area contributed by atoms with Crippen molar-refractivity contribution < 1.29 is 0 Å². The van der Waals surface area contributed by atoms with E-state index in [1.54, 1.807) is 0 Å². The summed E-state index contributed by atoms with van der Waals surface area (Å²) in [4.78, 5) is 7.78. The molecule has 8 aromatic carbocycles. The molecule has 0 N–H and O–H groups in total. The van der Waals surface area contributed by atoms with Crippen LogP contribution in [0.25, 0.3) is 22.3 Å². The van der Waals surface area contributed by atoms with E-state index in [2.05, 4.69) is 244 Å². The lowest BCUT2D eigenvalue weighted by molar-refractivity contribution is 0.662. The molecule has 10 aromatic rings. The Morgan fingerprint density at radius 3 is 0.833 bits per heavy atom. The van der Waals surface area contributed by atoms with Gasteiger partial charge in [0.2, 0.25) is 0 Å². The van der Waals surface area contributed by atoms with Gasteiger partial charge in [0.1, 0.15) is 10.0 Å². The zero-order chi connectivity index (χ0) is 44.3. The van der Waals surface area contributed by atoms with Crippen LogP contribution in [0.4, 0.5) is 32.8 Å². The van der Waals surface area contributed by atoms with Gasteiger partial charge in [0.25, 0.3) is 0 Å². The minimum absolute atomic E-state index is 0.608. The molecule has 2 aromatic heterocycles. The highest BCUT2D eigenvalue weighted by molar-refractivity contribution is 7.18. The Hall–Kier alpha value is -7.24. The Bertz CT molecular complexity index is 3120. The predicted molar refractivity (Wildman–Crippen MR) is 279 cm³/mol. The summed E-state index contributed by atoms with van der Waals surface area (Å²) >= 11 is 3.95. The zero-order valence-corrected chi connectivity index (χ0v) is 39.0. The molecule has 316 valence electrons. The van der Waals surface area contributed by atoms with Gasteiger partial charge in [-0.1, -0.05) is 146 Å². The number of thiophene rings is 2. The van der Waals surface area contributed by atoms with Crippen LogP contribution in [0.15, 0.2) is 206 Å². The fraction of sp³-hybridized carbons (Fsp3) is 0.0968. The molecule has 0 unspecified atom stereocenters. The average molecular weight is 883 g/mol. The first-order chi connectivity index (χ1) is 32.3. The van der Waals surface area contributed by atoms with E-state index < -0.39 is 10.8 Å². The summed E-state index contributed by atoms with van der Waals surface area (Å²) in [6.45, 7) is 8.80. The van der Waals surface area contributed by atoms with E-state index in [0.717, 1.165) is 22.7 Å². The Morgan fingerprint density at radius 2 is 0.561 bits per heavy atom. The van der Waals surface area contributed by atoms with Gasteiger partial charge in [-0.15, -0.1) is 22.7 Å². The minimum Gasteiger partial charge on any atom is -0.302 e. The maximum Gasteiger partial charge on any atom is 0.101 e. The van der Waals surface area contributed by atoms with Crippen LogP contribution in [-0.4, -0.2) is 0 Å². The summed E-state index contributed by atoms with van der Waals surface area (Å²) in [5, 5.41) is 2.41. The van der Waals surface area contributed by atoms with Gasteiger partial charge in [0.05, 0.1) is 10.8 Å². The summed E-state index contributed by atoms with van der Waals surface area (Å²) < 4.78 is 0. The molecule has 0 bridgehead atoms. The first-order valence-electron chi connectivity index (χ1n) is 22.9. The topological polar surface area (TPSA) is 6.48 Å². The van der Waals surface area contributed by atoms with Crippen LogP contribution in [0.3, 0.4) is 0 Å². The average Bonchev–Trinajstić information content (AvgIpc) is 4.10. The van der Waals surface area contributed by atoms with Gasteiger partial charge in [-0.3, -0.25) is 0 Å². The normalized spacial score (nSPS) is 14.0. The number of fused-ring (bicyclic) bond motifs is 16. The van der Waals surface area contributed by atoms with Crippen molar-refractivity contribution >= 4 is 55.4 Å². The number of hydrogen-bond donors (Lipinski definition) is 0. The maximum absolute atomic E-state index is 2.59. The van der Waals surface area contributed by atoms with Crippen molar-refractivity contribution in [1.82, 2.24) is 0 Å². The summed E-state index contributed by atoms with van der Waals surface area (Å²) in [5.74, 6) is 0. The van der Waals surface area contributed by atoms with E-state index in [-0.39, 0.29) is 0 Å². The van der Waals surface area contributed by atoms with Gasteiger partial charge in [0.15, 0.2) is 0 Å². The van der Waals surface area contributed by atoms with E-state index in [4.69, 9.17) is 0 Å². The lowest BCUT2D eigenvalue weighted by atomic mass is 9.58. The standard InChI is InChI=1S/C62H46N2S2/c1-39-17-13-21-43(33-39)63(44-22-14-18-40(2)34-44)57-37-55-59(65-57)62(53-31-11-7-27-49(53)50-28-8-12-32-54(50)62)56-38-58(64(45-23-15-19-41(3)35-45)46-24-16-20-42(4)36-46)66-60(56)61(55)51-29-9-5-25-47(51)48-26-6-10-30-52(48)61/h5-38H,1-4H3. The molecule has 0 aliphatic heterocycles. The van der Waals surface area contributed by atoms with Crippen molar-refractivity contribution in [1.29, 1.82) is 0 Å². The molecule has 2 nitrogen and oxygen atoms in total. The smallest absolute Gasteiger partial charge is 0.101 e. The van der Waals surface area contributed by atoms with Crippen LogP contribution < -0.4 is 9.80 Å². The molecule has 13 rings (SSSR count). The summed E-state index contributed by atoms with van der Waals surface area (Å²) in [7, 11) is 0. The fourth-order valence-corrected chi connectivity index (χ4v) is 14.7. The van der Waals surface area contributed by atoms with Crippen molar-refractivity contribution in [3.63, 3.8) is 0 Å². The van der Waals surface area contributed by atoms with Crippen LogP contribution in [0.5, 0.6) is 0 Å². The third-order valence-electron chi connectivity index (χ3n) is 14.3. The molecular formula is C62H46N2S2. The molecule has 0 radical (unpaired) electrons. The molecule has 3 aliphatic rings. The van der Waals surface area contributed by atoms with Crippen LogP contribution in [-0.2, 0) is 10.8 Å². The highest BCUT2D eigenvalue weighted by Crippen LogP contribution is 2.71. The van der Waals surface area contributed by atoms with Gasteiger partial charge < -0.3 is 9.80 Å². The van der Waals surface area contributed by atoms with Crippen molar-refractivity contribution in [3.05, 3.63) is 272 Å². The number of hydrogen-bond acceptors (Lipinski definition) is 4. The van der Waals surface area contributed by atoms with E-state index in [1.807, 2.05) is 22.7 Å². The third-order valence-corrected chi connectivity index (χ3v) is 16.8. The Kier molecular flexibility index (Phi) is 8.68.